The van der Waals surface area contributed by atoms with Crippen molar-refractivity contribution in [3.05, 3.63) is 0 Å². The quantitative estimate of drug-likeness (QED) is 0.319. The molecule has 0 aliphatic heterocycles. The van der Waals surface area contributed by atoms with Gasteiger partial charge in [0, 0.05) is 0 Å². The summed E-state index contributed by atoms with van der Waals surface area (Å²) in [6.45, 7) is 0. The van der Waals surface area contributed by atoms with Crippen LogP contribution in [0, 0.1) is 0 Å². The molecule has 0 aromatic carbocycles. The zero-order valence-corrected chi connectivity index (χ0v) is 5.13. The third-order valence-electron chi connectivity index (χ3n) is 0.494. The first-order valence-electron chi connectivity index (χ1n) is 1.94. The molecule has 5 nitrogen and oxygen atoms in total. The molecular weight excluding hydrogens is 146 g/mol. The Morgan fingerprint density at radius 2 is 1.89 bits per heavy atom. The number of carbonyl (C=O) groups is 2. The summed E-state index contributed by atoms with van der Waals surface area (Å²) in [4.78, 5) is 19.5. The van der Waals surface area contributed by atoms with Crippen LogP contribution in [0.15, 0.2) is 0 Å². The Bertz CT molecular complexity index is 136. The number of hydrogen-bond acceptors (Lipinski definition) is 3. The molecule has 52 valence electrons. The van der Waals surface area contributed by atoms with Crippen molar-refractivity contribution in [1.29, 1.82) is 0 Å². The summed E-state index contributed by atoms with van der Waals surface area (Å²) in [5.41, 5.74) is 0. The van der Waals surface area contributed by atoms with Crippen LogP contribution >= 0.6 is 12.6 Å². The zero-order chi connectivity index (χ0) is 7.44. The second kappa shape index (κ2) is 3.18. The summed E-state index contributed by atoms with van der Waals surface area (Å²) in [7, 11) is 0. The summed E-state index contributed by atoms with van der Waals surface area (Å²) >= 11 is 3.37. The van der Waals surface area contributed by atoms with E-state index in [1.165, 1.54) is 0 Å². The topological polar surface area (TPSA) is 86.6 Å². The van der Waals surface area contributed by atoms with Crippen LogP contribution in [0.3, 0.4) is 0 Å². The molecule has 6 heteroatoms. The fourth-order valence-electron chi connectivity index (χ4n) is 0.179. The first kappa shape index (κ1) is 8.09. The van der Waals surface area contributed by atoms with E-state index < -0.39 is 17.4 Å². The van der Waals surface area contributed by atoms with Gasteiger partial charge in [-0.3, -0.25) is 5.32 Å². The van der Waals surface area contributed by atoms with Crippen molar-refractivity contribution < 1.29 is 19.8 Å². The average Bonchev–Trinajstić information content (AvgIpc) is 1.63. The highest BCUT2D eigenvalue weighted by Crippen LogP contribution is 1.87. The summed E-state index contributed by atoms with van der Waals surface area (Å²) in [6, 6.07) is 0. The van der Waals surface area contributed by atoms with Crippen LogP contribution in [-0.2, 0) is 4.79 Å². The van der Waals surface area contributed by atoms with E-state index in [4.69, 9.17) is 10.2 Å². The van der Waals surface area contributed by atoms with Crippen LogP contribution in [0.25, 0.3) is 0 Å². The first-order chi connectivity index (χ1) is 4.04. The number of hydrogen-bond donors (Lipinski definition) is 4. The van der Waals surface area contributed by atoms with Crippen LogP contribution < -0.4 is 5.32 Å². The molecule has 9 heavy (non-hydrogen) atoms. The molecule has 0 saturated heterocycles. The lowest BCUT2D eigenvalue weighted by Gasteiger charge is -2.02. The normalized spacial score (nSPS) is 12.1. The number of carboxylic acids is 1. The third kappa shape index (κ3) is 3.65. The largest absolute Gasteiger partial charge is 0.479 e. The molecule has 0 bridgehead atoms. The standard InChI is InChI=1S/C3H5NO4S/c5-2(6)1(9)4-3(7)8/h1,4,9H,(H,5,6)(H,7,8). The molecule has 0 saturated carbocycles. The molecule has 1 atom stereocenters. The lowest BCUT2D eigenvalue weighted by atomic mass is 10.6. The zero-order valence-electron chi connectivity index (χ0n) is 4.24. The first-order valence-corrected chi connectivity index (χ1v) is 2.46. The van der Waals surface area contributed by atoms with Gasteiger partial charge in [-0.15, -0.1) is 12.6 Å². The van der Waals surface area contributed by atoms with Crippen LogP contribution in [0.2, 0.25) is 0 Å². The molecule has 0 rings (SSSR count). The van der Waals surface area contributed by atoms with Gasteiger partial charge in [-0.1, -0.05) is 0 Å². The van der Waals surface area contributed by atoms with Crippen LogP contribution in [0.1, 0.15) is 0 Å². The minimum absolute atomic E-state index is 1.32. The summed E-state index contributed by atoms with van der Waals surface area (Å²) in [5, 5.41) is 16.2. The van der Waals surface area contributed by atoms with E-state index in [0.717, 1.165) is 0 Å². The maximum Gasteiger partial charge on any atom is 0.406 e. The maximum atomic E-state index is 9.83. The maximum absolute atomic E-state index is 9.83. The Kier molecular flexibility index (Phi) is 2.86. The van der Waals surface area contributed by atoms with Gasteiger partial charge in [0.05, 0.1) is 0 Å². The molecular formula is C3H5NO4S. The van der Waals surface area contributed by atoms with Crippen molar-refractivity contribution in [3.63, 3.8) is 0 Å². The molecule has 0 aliphatic rings. The molecule has 0 radical (unpaired) electrons. The second-order valence-corrected chi connectivity index (χ2v) is 1.71. The summed E-state index contributed by atoms with van der Waals surface area (Å²) in [5.74, 6) is -1.32. The van der Waals surface area contributed by atoms with Crippen molar-refractivity contribution >= 4 is 24.7 Å². The van der Waals surface area contributed by atoms with E-state index in [1.54, 1.807) is 5.32 Å². The predicted octanol–water partition coefficient (Wildman–Crippen LogP) is -0.406. The van der Waals surface area contributed by atoms with Crippen molar-refractivity contribution in [1.82, 2.24) is 5.32 Å². The van der Waals surface area contributed by atoms with Crippen LogP contribution in [0.5, 0.6) is 0 Å². The minimum atomic E-state index is -1.41. The van der Waals surface area contributed by atoms with E-state index >= 15 is 0 Å². The highest BCUT2D eigenvalue weighted by atomic mass is 32.1. The molecule has 0 aromatic rings. The van der Waals surface area contributed by atoms with Crippen molar-refractivity contribution in [2.45, 2.75) is 5.37 Å². The Balaban J connectivity index is 3.63. The fourth-order valence-corrected chi connectivity index (χ4v) is 0.289. The molecule has 0 aromatic heterocycles. The van der Waals surface area contributed by atoms with Gasteiger partial charge in [0.2, 0.25) is 0 Å². The highest BCUT2D eigenvalue weighted by Gasteiger charge is 2.12. The molecule has 0 spiro atoms. The minimum Gasteiger partial charge on any atom is -0.479 e. The molecule has 1 amide bonds. The lowest BCUT2D eigenvalue weighted by molar-refractivity contribution is -0.136. The molecule has 1 unspecified atom stereocenters. The van der Waals surface area contributed by atoms with Crippen LogP contribution in [0.4, 0.5) is 4.79 Å². The average molecular weight is 151 g/mol. The Labute approximate surface area is 56.1 Å². The van der Waals surface area contributed by atoms with E-state index in [9.17, 15) is 9.59 Å². The third-order valence-corrected chi connectivity index (χ3v) is 0.844. The molecule has 0 aliphatic carbocycles. The highest BCUT2D eigenvalue weighted by molar-refractivity contribution is 7.81. The van der Waals surface area contributed by atoms with E-state index in [-0.39, 0.29) is 0 Å². The van der Waals surface area contributed by atoms with Gasteiger partial charge >= 0.3 is 12.1 Å². The van der Waals surface area contributed by atoms with Crippen molar-refractivity contribution in [2.24, 2.45) is 0 Å². The van der Waals surface area contributed by atoms with Crippen molar-refractivity contribution in [2.75, 3.05) is 0 Å². The van der Waals surface area contributed by atoms with Crippen molar-refractivity contribution in [3.8, 4) is 0 Å². The molecule has 0 fully saturated rings. The monoisotopic (exact) mass is 151 g/mol. The number of thiol groups is 1. The van der Waals surface area contributed by atoms with E-state index in [1.807, 2.05) is 0 Å². The number of carboxylic acid groups (broad SMARTS) is 2. The van der Waals surface area contributed by atoms with E-state index in [0.29, 0.717) is 0 Å². The van der Waals surface area contributed by atoms with Gasteiger partial charge in [-0.05, 0) is 0 Å². The predicted molar refractivity (Wildman–Crippen MR) is 31.6 cm³/mol. The van der Waals surface area contributed by atoms with Gasteiger partial charge in [0.15, 0.2) is 5.37 Å². The number of nitrogens with one attached hydrogen (secondary N) is 1. The summed E-state index contributed by atoms with van der Waals surface area (Å²) in [6.07, 6.45) is -1.41. The molecule has 3 N–H and O–H groups in total. The number of amides is 1. The lowest BCUT2D eigenvalue weighted by Crippen LogP contribution is -2.35. The second-order valence-electron chi connectivity index (χ2n) is 1.19. The summed E-state index contributed by atoms with van der Waals surface area (Å²) < 4.78 is 0. The Hall–Kier alpha value is -0.910. The van der Waals surface area contributed by atoms with Gasteiger partial charge in [0.25, 0.3) is 0 Å². The SMILES string of the molecule is O=C(O)NC(S)C(=O)O. The van der Waals surface area contributed by atoms with E-state index in [2.05, 4.69) is 12.6 Å². The van der Waals surface area contributed by atoms with Gasteiger partial charge in [-0.25, -0.2) is 9.59 Å². The fraction of sp³-hybridized carbons (Fsp3) is 0.333. The number of aliphatic carboxylic acids is 1. The molecule has 0 heterocycles. The Morgan fingerprint density at radius 1 is 1.44 bits per heavy atom. The number of rotatable bonds is 2. The Morgan fingerprint density at radius 3 is 2.00 bits per heavy atom. The van der Waals surface area contributed by atoms with Crippen LogP contribution in [-0.4, -0.2) is 27.6 Å². The van der Waals surface area contributed by atoms with Gasteiger partial charge in [-0.2, -0.15) is 0 Å². The van der Waals surface area contributed by atoms with Gasteiger partial charge < -0.3 is 10.2 Å². The van der Waals surface area contributed by atoms with Gasteiger partial charge in [0.1, 0.15) is 0 Å². The smallest absolute Gasteiger partial charge is 0.406 e.